The molecule has 2 aromatic rings. The molecular formula is C11H9Br2N2S+. The minimum absolute atomic E-state index is 0.980. The first-order valence-corrected chi connectivity index (χ1v) is 7.43. The monoisotopic (exact) mass is 359 g/mol. The van der Waals surface area contributed by atoms with Gasteiger partial charge in [-0.25, -0.2) is 0 Å². The van der Waals surface area contributed by atoms with Gasteiger partial charge in [0, 0.05) is 21.6 Å². The van der Waals surface area contributed by atoms with Gasteiger partial charge in [0.1, 0.15) is 5.69 Å². The van der Waals surface area contributed by atoms with Crippen molar-refractivity contribution >= 4 is 48.9 Å². The lowest BCUT2D eigenvalue weighted by Crippen LogP contribution is -2.31. The SMILES string of the molecule is Brc1cc(Br)c2c(c1)-[n+]1ccsc1CCN2. The molecule has 0 bridgehead atoms. The fourth-order valence-electron chi connectivity index (χ4n) is 1.92. The van der Waals surface area contributed by atoms with Crippen LogP contribution in [0.1, 0.15) is 5.01 Å². The fourth-order valence-corrected chi connectivity index (χ4v) is 4.10. The van der Waals surface area contributed by atoms with E-state index in [-0.39, 0.29) is 0 Å². The average Bonchev–Trinajstić information content (AvgIpc) is 2.62. The topological polar surface area (TPSA) is 15.9 Å². The van der Waals surface area contributed by atoms with Crippen molar-refractivity contribution < 1.29 is 4.57 Å². The van der Waals surface area contributed by atoms with Crippen LogP contribution in [-0.2, 0) is 6.42 Å². The van der Waals surface area contributed by atoms with Crippen LogP contribution in [0.15, 0.2) is 32.7 Å². The van der Waals surface area contributed by atoms with Gasteiger partial charge >= 0.3 is 0 Å². The highest BCUT2D eigenvalue weighted by Crippen LogP contribution is 2.32. The molecule has 16 heavy (non-hydrogen) atoms. The Morgan fingerprint density at radius 2 is 2.19 bits per heavy atom. The van der Waals surface area contributed by atoms with Crippen LogP contribution < -0.4 is 9.88 Å². The summed E-state index contributed by atoms with van der Waals surface area (Å²) in [6, 6.07) is 4.22. The van der Waals surface area contributed by atoms with Crippen LogP contribution in [0.5, 0.6) is 0 Å². The predicted octanol–water partition coefficient (Wildman–Crippen LogP) is 3.52. The Morgan fingerprint density at radius 3 is 3.06 bits per heavy atom. The highest BCUT2D eigenvalue weighted by Gasteiger charge is 2.24. The van der Waals surface area contributed by atoms with E-state index in [9.17, 15) is 0 Å². The van der Waals surface area contributed by atoms with E-state index in [4.69, 9.17) is 0 Å². The summed E-state index contributed by atoms with van der Waals surface area (Å²) in [6.45, 7) is 0.980. The highest BCUT2D eigenvalue weighted by atomic mass is 79.9. The van der Waals surface area contributed by atoms with Gasteiger partial charge in [0.15, 0.2) is 6.20 Å². The summed E-state index contributed by atoms with van der Waals surface area (Å²) < 4.78 is 4.45. The Kier molecular flexibility index (Phi) is 2.77. The van der Waals surface area contributed by atoms with Gasteiger partial charge in [-0.15, -0.1) is 0 Å². The molecule has 2 nitrogen and oxygen atoms in total. The summed E-state index contributed by atoms with van der Waals surface area (Å²) in [5, 5.41) is 7.00. The van der Waals surface area contributed by atoms with Crippen molar-refractivity contribution in [2.45, 2.75) is 6.42 Å². The molecule has 2 heterocycles. The second-order valence-corrected chi connectivity index (χ2v) is 6.37. The molecule has 0 saturated heterocycles. The van der Waals surface area contributed by atoms with E-state index in [0.717, 1.165) is 21.9 Å². The maximum atomic E-state index is 3.61. The molecule has 0 amide bonds. The number of benzene rings is 1. The van der Waals surface area contributed by atoms with E-state index in [1.54, 1.807) is 11.3 Å². The number of halogens is 2. The van der Waals surface area contributed by atoms with E-state index in [0.29, 0.717) is 0 Å². The van der Waals surface area contributed by atoms with E-state index in [1.807, 2.05) is 0 Å². The number of hydrogen-bond donors (Lipinski definition) is 1. The van der Waals surface area contributed by atoms with Crippen molar-refractivity contribution in [1.29, 1.82) is 0 Å². The summed E-state index contributed by atoms with van der Waals surface area (Å²) in [5.41, 5.74) is 2.38. The molecule has 0 spiro atoms. The van der Waals surface area contributed by atoms with Crippen molar-refractivity contribution in [3.63, 3.8) is 0 Å². The predicted molar refractivity (Wildman–Crippen MR) is 73.4 cm³/mol. The zero-order valence-electron chi connectivity index (χ0n) is 8.34. The molecule has 0 fully saturated rings. The van der Waals surface area contributed by atoms with Crippen LogP contribution in [0.4, 0.5) is 5.69 Å². The van der Waals surface area contributed by atoms with Gasteiger partial charge in [-0.2, -0.15) is 4.57 Å². The first-order valence-electron chi connectivity index (χ1n) is 4.97. The smallest absolute Gasteiger partial charge is 0.244 e. The molecule has 0 radical (unpaired) electrons. The summed E-state index contributed by atoms with van der Waals surface area (Å²) in [7, 11) is 0. The normalized spacial score (nSPS) is 13.6. The van der Waals surface area contributed by atoms with Gasteiger partial charge in [-0.1, -0.05) is 27.3 Å². The Balaban J connectivity index is 2.31. The average molecular weight is 361 g/mol. The Morgan fingerprint density at radius 1 is 1.31 bits per heavy atom. The number of anilines is 1. The van der Waals surface area contributed by atoms with Crippen molar-refractivity contribution in [2.24, 2.45) is 0 Å². The van der Waals surface area contributed by atoms with Gasteiger partial charge in [0.25, 0.3) is 0 Å². The molecule has 1 aliphatic heterocycles. The quantitative estimate of drug-likeness (QED) is 0.711. The number of nitrogens with one attached hydrogen (secondary N) is 1. The summed E-state index contributed by atoms with van der Waals surface area (Å²) >= 11 is 8.95. The third kappa shape index (κ3) is 1.71. The van der Waals surface area contributed by atoms with Gasteiger partial charge in [-0.3, -0.25) is 0 Å². The maximum Gasteiger partial charge on any atom is 0.244 e. The van der Waals surface area contributed by atoms with E-state index < -0.39 is 0 Å². The van der Waals surface area contributed by atoms with Crippen LogP contribution in [0, 0.1) is 0 Å². The first kappa shape index (κ1) is 10.7. The Hall–Kier alpha value is -0.390. The van der Waals surface area contributed by atoms with Gasteiger partial charge in [0.2, 0.25) is 10.7 Å². The summed E-state index contributed by atoms with van der Waals surface area (Å²) in [5.74, 6) is 0. The van der Waals surface area contributed by atoms with Gasteiger partial charge < -0.3 is 5.32 Å². The van der Waals surface area contributed by atoms with Crippen molar-refractivity contribution in [3.05, 3.63) is 37.7 Å². The molecule has 82 valence electrons. The molecule has 1 N–H and O–H groups in total. The number of fused-ring (bicyclic) bond motifs is 3. The molecule has 0 unspecified atom stereocenters. The minimum Gasteiger partial charge on any atom is -0.378 e. The van der Waals surface area contributed by atoms with Crippen molar-refractivity contribution in [3.8, 4) is 5.69 Å². The van der Waals surface area contributed by atoms with Crippen molar-refractivity contribution in [1.82, 2.24) is 0 Å². The van der Waals surface area contributed by atoms with Crippen molar-refractivity contribution in [2.75, 3.05) is 11.9 Å². The molecule has 1 aromatic carbocycles. The first-order chi connectivity index (χ1) is 7.75. The standard InChI is InChI=1S/C11H9Br2N2S/c12-7-5-8(13)11-9(6-7)15-3-4-16-10(15)1-2-14-11/h3-6,14H,1-2H2/q+1. The zero-order chi connectivity index (χ0) is 11.1. The van der Waals surface area contributed by atoms with Crippen LogP contribution in [-0.4, -0.2) is 6.54 Å². The number of rotatable bonds is 0. The summed E-state index contributed by atoms with van der Waals surface area (Å²) in [6.07, 6.45) is 3.20. The van der Waals surface area contributed by atoms with Crippen LogP contribution >= 0.6 is 43.2 Å². The molecule has 1 aromatic heterocycles. The molecule has 0 saturated carbocycles. The third-order valence-electron chi connectivity index (χ3n) is 2.62. The zero-order valence-corrected chi connectivity index (χ0v) is 12.3. The maximum absolute atomic E-state index is 3.61. The van der Waals surface area contributed by atoms with Crippen LogP contribution in [0.2, 0.25) is 0 Å². The molecule has 3 rings (SSSR count). The third-order valence-corrected chi connectivity index (χ3v) is 4.63. The molecular weight excluding hydrogens is 352 g/mol. The van der Waals surface area contributed by atoms with Gasteiger partial charge in [-0.05, 0) is 22.0 Å². The number of thiazole rings is 1. The number of aromatic nitrogens is 1. The lowest BCUT2D eigenvalue weighted by Gasteiger charge is -2.06. The van der Waals surface area contributed by atoms with Gasteiger partial charge in [0.05, 0.1) is 11.8 Å². The fraction of sp³-hybridized carbons (Fsp3) is 0.182. The molecule has 0 atom stereocenters. The lowest BCUT2D eigenvalue weighted by molar-refractivity contribution is -0.596. The Bertz CT molecular complexity index is 551. The molecule has 0 aliphatic carbocycles. The minimum atomic E-state index is 0.980. The Labute approximate surface area is 115 Å². The number of hydrogen-bond acceptors (Lipinski definition) is 2. The van der Waals surface area contributed by atoms with E-state index in [1.165, 1.54) is 16.4 Å². The van der Waals surface area contributed by atoms with Crippen LogP contribution in [0.25, 0.3) is 5.69 Å². The second-order valence-electron chi connectivity index (χ2n) is 3.63. The largest absolute Gasteiger partial charge is 0.378 e. The van der Waals surface area contributed by atoms with E-state index >= 15 is 0 Å². The highest BCUT2D eigenvalue weighted by molar-refractivity contribution is 9.11. The van der Waals surface area contributed by atoms with E-state index in [2.05, 4.69) is 65.5 Å². The summed E-state index contributed by atoms with van der Waals surface area (Å²) in [4.78, 5) is 0. The molecule has 5 heteroatoms. The molecule has 1 aliphatic rings. The second kappa shape index (κ2) is 4.13. The van der Waals surface area contributed by atoms with Crippen LogP contribution in [0.3, 0.4) is 0 Å². The number of nitrogens with zero attached hydrogens (tertiary/aromatic N) is 1. The lowest BCUT2D eigenvalue weighted by atomic mass is 10.2.